The highest BCUT2D eigenvalue weighted by Crippen LogP contribution is 2.27. The Morgan fingerprint density at radius 1 is 1.16 bits per heavy atom. The van der Waals surface area contributed by atoms with Crippen LogP contribution in [0.5, 0.6) is 0 Å². The number of anilines is 1. The van der Waals surface area contributed by atoms with E-state index in [4.69, 9.17) is 0 Å². The van der Waals surface area contributed by atoms with E-state index in [-0.39, 0.29) is 5.91 Å². The summed E-state index contributed by atoms with van der Waals surface area (Å²) in [4.78, 5) is 18.0. The maximum Gasteiger partial charge on any atom is 0.257 e. The molecule has 3 rings (SSSR count). The van der Waals surface area contributed by atoms with Crippen LogP contribution in [0.4, 0.5) is 5.13 Å². The summed E-state index contributed by atoms with van der Waals surface area (Å²) in [5.41, 5.74) is 3.89. The fourth-order valence-corrected chi connectivity index (χ4v) is 3.61. The number of carbonyl (C=O) groups excluding carboxylic acids is 1. The average Bonchev–Trinajstić information content (AvgIpc) is 3.10. The number of carbonyl (C=O) groups is 1. The van der Waals surface area contributed by atoms with Gasteiger partial charge in [0.15, 0.2) is 5.13 Å². The Labute approximate surface area is 156 Å². The maximum atomic E-state index is 12.4. The number of amides is 1. The van der Waals surface area contributed by atoms with Crippen LogP contribution in [-0.4, -0.2) is 17.1 Å². The van der Waals surface area contributed by atoms with Crippen molar-refractivity contribution in [3.63, 3.8) is 0 Å². The third-order valence-electron chi connectivity index (χ3n) is 3.93. The van der Waals surface area contributed by atoms with Crippen molar-refractivity contribution in [1.82, 2.24) is 4.98 Å². The molecule has 5 heteroatoms. The van der Waals surface area contributed by atoms with Crippen LogP contribution in [-0.2, 0) is 0 Å². The molecule has 0 bridgehead atoms. The first kappa shape index (κ1) is 17.7. The standard InChI is InChI=1S/C20H20N2OS2/c1-13(2)14-7-9-15(10-8-14)18-12-25-20(21-18)22-19(23)16-5-4-6-17(11-16)24-3/h4-13H,1-3H3,(H,21,22,23). The van der Waals surface area contributed by atoms with Gasteiger partial charge in [-0.05, 0) is 35.9 Å². The van der Waals surface area contributed by atoms with Gasteiger partial charge in [0.05, 0.1) is 5.69 Å². The SMILES string of the molecule is CSc1cccc(C(=O)Nc2nc(-c3ccc(C(C)C)cc3)cs2)c1. The second-order valence-corrected chi connectivity index (χ2v) is 7.74. The van der Waals surface area contributed by atoms with E-state index in [0.717, 1.165) is 16.2 Å². The summed E-state index contributed by atoms with van der Waals surface area (Å²) in [6, 6.07) is 16.0. The van der Waals surface area contributed by atoms with Gasteiger partial charge in [0.2, 0.25) is 0 Å². The Bertz CT molecular complexity index is 869. The zero-order chi connectivity index (χ0) is 17.8. The highest BCUT2D eigenvalue weighted by molar-refractivity contribution is 7.98. The summed E-state index contributed by atoms with van der Waals surface area (Å²) in [5.74, 6) is 0.378. The first-order chi connectivity index (χ1) is 12.1. The van der Waals surface area contributed by atoms with Crippen LogP contribution in [0.25, 0.3) is 11.3 Å². The lowest BCUT2D eigenvalue weighted by Crippen LogP contribution is -2.11. The van der Waals surface area contributed by atoms with Crippen LogP contribution in [0.15, 0.2) is 58.8 Å². The van der Waals surface area contributed by atoms with Gasteiger partial charge in [0.1, 0.15) is 0 Å². The molecule has 0 fully saturated rings. The first-order valence-corrected chi connectivity index (χ1v) is 10.2. The average molecular weight is 369 g/mol. The minimum absolute atomic E-state index is 0.132. The predicted molar refractivity (Wildman–Crippen MR) is 108 cm³/mol. The molecule has 0 aliphatic carbocycles. The molecule has 2 aromatic carbocycles. The molecule has 3 aromatic rings. The summed E-state index contributed by atoms with van der Waals surface area (Å²) in [7, 11) is 0. The molecular weight excluding hydrogens is 348 g/mol. The Hall–Kier alpha value is -2.11. The van der Waals surface area contributed by atoms with Gasteiger partial charge in [-0.15, -0.1) is 23.1 Å². The summed E-state index contributed by atoms with van der Waals surface area (Å²) in [6.07, 6.45) is 1.99. The van der Waals surface area contributed by atoms with Crippen molar-refractivity contribution >= 4 is 34.1 Å². The molecule has 3 nitrogen and oxygen atoms in total. The van der Waals surface area contributed by atoms with Crippen LogP contribution in [0.3, 0.4) is 0 Å². The molecule has 0 radical (unpaired) electrons. The van der Waals surface area contributed by atoms with Crippen molar-refractivity contribution in [2.75, 3.05) is 11.6 Å². The van der Waals surface area contributed by atoms with E-state index in [1.807, 2.05) is 35.9 Å². The van der Waals surface area contributed by atoms with Crippen molar-refractivity contribution < 1.29 is 4.79 Å². The third-order valence-corrected chi connectivity index (χ3v) is 5.41. The number of nitrogens with zero attached hydrogens (tertiary/aromatic N) is 1. The van der Waals surface area contributed by atoms with E-state index in [2.05, 4.69) is 48.4 Å². The fourth-order valence-electron chi connectivity index (χ4n) is 2.44. The van der Waals surface area contributed by atoms with Crippen LogP contribution in [0, 0.1) is 0 Å². The van der Waals surface area contributed by atoms with E-state index in [0.29, 0.717) is 16.6 Å². The van der Waals surface area contributed by atoms with Gasteiger partial charge in [-0.2, -0.15) is 0 Å². The molecule has 1 N–H and O–H groups in total. The van der Waals surface area contributed by atoms with E-state index in [1.165, 1.54) is 16.9 Å². The Morgan fingerprint density at radius 2 is 1.92 bits per heavy atom. The molecule has 128 valence electrons. The summed E-state index contributed by atoms with van der Waals surface area (Å²) in [5, 5.41) is 5.47. The highest BCUT2D eigenvalue weighted by Gasteiger charge is 2.11. The van der Waals surface area contributed by atoms with E-state index in [1.54, 1.807) is 11.8 Å². The Kier molecular flexibility index (Phi) is 5.56. The zero-order valence-electron chi connectivity index (χ0n) is 14.4. The van der Waals surface area contributed by atoms with Crippen molar-refractivity contribution in [2.24, 2.45) is 0 Å². The topological polar surface area (TPSA) is 42.0 Å². The predicted octanol–water partition coefficient (Wildman–Crippen LogP) is 5.91. The normalized spacial score (nSPS) is 10.9. The number of benzene rings is 2. The lowest BCUT2D eigenvalue weighted by atomic mass is 10.0. The maximum absolute atomic E-state index is 12.4. The lowest BCUT2D eigenvalue weighted by molar-refractivity contribution is 0.102. The van der Waals surface area contributed by atoms with Gasteiger partial charge in [0.25, 0.3) is 5.91 Å². The molecule has 0 atom stereocenters. The van der Waals surface area contributed by atoms with Crippen molar-refractivity contribution in [3.8, 4) is 11.3 Å². The van der Waals surface area contributed by atoms with E-state index in [9.17, 15) is 4.79 Å². The third kappa shape index (κ3) is 4.30. The number of nitrogens with one attached hydrogen (secondary N) is 1. The fraction of sp³-hybridized carbons (Fsp3) is 0.200. The largest absolute Gasteiger partial charge is 0.298 e. The minimum Gasteiger partial charge on any atom is -0.298 e. The van der Waals surface area contributed by atoms with Gasteiger partial charge in [-0.3, -0.25) is 10.1 Å². The molecule has 25 heavy (non-hydrogen) atoms. The van der Waals surface area contributed by atoms with Crippen LogP contribution in [0.1, 0.15) is 35.7 Å². The quantitative estimate of drug-likeness (QED) is 0.569. The van der Waals surface area contributed by atoms with Gasteiger partial charge in [-0.25, -0.2) is 4.98 Å². The smallest absolute Gasteiger partial charge is 0.257 e. The summed E-state index contributed by atoms with van der Waals surface area (Å²) >= 11 is 3.06. The molecule has 1 aromatic heterocycles. The molecular formula is C20H20N2OS2. The number of aromatic nitrogens is 1. The molecule has 1 amide bonds. The summed E-state index contributed by atoms with van der Waals surface area (Å²) in [6.45, 7) is 4.36. The number of thioether (sulfide) groups is 1. The van der Waals surface area contributed by atoms with Crippen LogP contribution >= 0.6 is 23.1 Å². The van der Waals surface area contributed by atoms with Gasteiger partial charge in [-0.1, -0.05) is 44.2 Å². The molecule has 0 spiro atoms. The molecule has 0 aliphatic heterocycles. The number of hydrogen-bond acceptors (Lipinski definition) is 4. The molecule has 0 aliphatic rings. The number of hydrogen-bond donors (Lipinski definition) is 1. The first-order valence-electron chi connectivity index (χ1n) is 8.08. The highest BCUT2D eigenvalue weighted by atomic mass is 32.2. The van der Waals surface area contributed by atoms with Crippen LogP contribution < -0.4 is 5.32 Å². The molecule has 0 unspecified atom stereocenters. The van der Waals surface area contributed by atoms with Gasteiger partial charge in [0, 0.05) is 21.4 Å². The van der Waals surface area contributed by atoms with Gasteiger partial charge < -0.3 is 0 Å². The molecule has 0 saturated carbocycles. The second-order valence-electron chi connectivity index (χ2n) is 6.00. The van der Waals surface area contributed by atoms with Gasteiger partial charge >= 0.3 is 0 Å². The Morgan fingerprint density at radius 3 is 2.60 bits per heavy atom. The lowest BCUT2D eigenvalue weighted by Gasteiger charge is -2.05. The number of thiazole rings is 1. The van der Waals surface area contributed by atoms with Crippen molar-refractivity contribution in [2.45, 2.75) is 24.7 Å². The number of rotatable bonds is 5. The zero-order valence-corrected chi connectivity index (χ0v) is 16.1. The summed E-state index contributed by atoms with van der Waals surface area (Å²) < 4.78 is 0. The monoisotopic (exact) mass is 368 g/mol. The van der Waals surface area contributed by atoms with Crippen molar-refractivity contribution in [3.05, 3.63) is 65.0 Å². The van der Waals surface area contributed by atoms with E-state index >= 15 is 0 Å². The van der Waals surface area contributed by atoms with Crippen LogP contribution in [0.2, 0.25) is 0 Å². The Balaban J connectivity index is 1.73. The minimum atomic E-state index is -0.132. The molecule has 1 heterocycles. The second kappa shape index (κ2) is 7.85. The van der Waals surface area contributed by atoms with E-state index < -0.39 is 0 Å². The van der Waals surface area contributed by atoms with Crippen molar-refractivity contribution in [1.29, 1.82) is 0 Å². The molecule has 0 saturated heterocycles.